The van der Waals surface area contributed by atoms with Gasteiger partial charge in [0.15, 0.2) is 0 Å². The Morgan fingerprint density at radius 2 is 1.73 bits per heavy atom. The molecule has 2 heterocycles. The summed E-state index contributed by atoms with van der Waals surface area (Å²) >= 11 is 6.02. The third kappa shape index (κ3) is 3.98. The maximum absolute atomic E-state index is 12.7. The Balaban J connectivity index is 1.52. The number of anilines is 2. The molecule has 0 bridgehead atoms. The summed E-state index contributed by atoms with van der Waals surface area (Å²) in [5, 5.41) is 4.21. The van der Waals surface area contributed by atoms with E-state index in [2.05, 4.69) is 20.0 Å². The van der Waals surface area contributed by atoms with Crippen molar-refractivity contribution in [3.8, 4) is 0 Å². The molecule has 2 N–H and O–H groups in total. The largest absolute Gasteiger partial charge is 0.340 e. The van der Waals surface area contributed by atoms with Gasteiger partial charge in [-0.25, -0.2) is 23.1 Å². The lowest BCUT2D eigenvalue weighted by Gasteiger charge is -2.09. The van der Waals surface area contributed by atoms with Gasteiger partial charge in [-0.3, -0.25) is 4.79 Å². The lowest BCUT2D eigenvalue weighted by molar-refractivity contribution is 0.101. The fourth-order valence-electron chi connectivity index (χ4n) is 2.98. The summed E-state index contributed by atoms with van der Waals surface area (Å²) in [7, 11) is -2.05. The molecule has 0 saturated heterocycles. The Labute approximate surface area is 177 Å². The normalized spacial score (nSPS) is 11.4. The summed E-state index contributed by atoms with van der Waals surface area (Å²) in [6.45, 7) is 0. The number of aromatic nitrogens is 3. The second kappa shape index (κ2) is 7.77. The first-order chi connectivity index (χ1) is 14.3. The van der Waals surface area contributed by atoms with Crippen LogP contribution in [0.15, 0.2) is 71.9 Å². The van der Waals surface area contributed by atoms with Crippen LogP contribution in [-0.2, 0) is 17.1 Å². The highest BCUT2D eigenvalue weighted by Crippen LogP contribution is 2.23. The monoisotopic (exact) mass is 441 g/mol. The number of nitrogens with one attached hydrogen (secondary N) is 2. The number of halogens is 1. The van der Waals surface area contributed by atoms with Crippen LogP contribution in [0.25, 0.3) is 10.9 Å². The minimum Gasteiger partial charge on any atom is -0.340 e. The SMILES string of the molecule is Cn1c(C(=O)Nc2ccc(S(=O)(=O)Nc3ncccn3)cc2)cc2cc(Cl)ccc21. The van der Waals surface area contributed by atoms with E-state index in [4.69, 9.17) is 11.6 Å². The van der Waals surface area contributed by atoms with E-state index < -0.39 is 10.0 Å². The van der Waals surface area contributed by atoms with Crippen LogP contribution < -0.4 is 10.0 Å². The van der Waals surface area contributed by atoms with E-state index in [-0.39, 0.29) is 16.8 Å². The zero-order chi connectivity index (χ0) is 21.3. The van der Waals surface area contributed by atoms with Crippen LogP contribution in [0.4, 0.5) is 11.6 Å². The molecule has 2 aromatic carbocycles. The predicted octanol–water partition coefficient (Wildman–Crippen LogP) is 3.67. The van der Waals surface area contributed by atoms with Crippen LogP contribution in [0.3, 0.4) is 0 Å². The minimum absolute atomic E-state index is 0.0206. The number of carbonyl (C=O) groups excluding carboxylic acids is 1. The Kier molecular flexibility index (Phi) is 5.15. The van der Waals surface area contributed by atoms with Gasteiger partial charge in [-0.1, -0.05) is 11.6 Å². The number of fused-ring (bicyclic) bond motifs is 1. The second-order valence-corrected chi connectivity index (χ2v) is 8.57. The second-order valence-electron chi connectivity index (χ2n) is 6.45. The molecule has 30 heavy (non-hydrogen) atoms. The molecule has 2 aromatic heterocycles. The van der Waals surface area contributed by atoms with E-state index >= 15 is 0 Å². The maximum atomic E-state index is 12.7. The average molecular weight is 442 g/mol. The smallest absolute Gasteiger partial charge is 0.272 e. The summed E-state index contributed by atoms with van der Waals surface area (Å²) in [4.78, 5) is 20.4. The summed E-state index contributed by atoms with van der Waals surface area (Å²) < 4.78 is 28.9. The summed E-state index contributed by atoms with van der Waals surface area (Å²) in [6.07, 6.45) is 2.87. The van der Waals surface area contributed by atoms with Gasteiger partial charge in [0.2, 0.25) is 5.95 Å². The van der Waals surface area contributed by atoms with Gasteiger partial charge in [0.05, 0.1) is 4.90 Å². The number of benzene rings is 2. The number of sulfonamides is 1. The first-order valence-electron chi connectivity index (χ1n) is 8.80. The molecule has 0 radical (unpaired) electrons. The number of hydrogen-bond donors (Lipinski definition) is 2. The zero-order valence-electron chi connectivity index (χ0n) is 15.7. The molecule has 0 aliphatic rings. The van der Waals surface area contributed by atoms with Gasteiger partial charge in [0.1, 0.15) is 5.69 Å². The van der Waals surface area contributed by atoms with Crippen molar-refractivity contribution >= 4 is 50.1 Å². The molecule has 0 aliphatic heterocycles. The molecule has 8 nitrogen and oxygen atoms in total. The number of hydrogen-bond acceptors (Lipinski definition) is 5. The lowest BCUT2D eigenvalue weighted by atomic mass is 10.2. The van der Waals surface area contributed by atoms with Crippen molar-refractivity contribution in [2.75, 3.05) is 10.0 Å². The third-order valence-electron chi connectivity index (χ3n) is 4.45. The Morgan fingerprint density at radius 3 is 2.43 bits per heavy atom. The van der Waals surface area contributed by atoms with Gasteiger partial charge in [-0.2, -0.15) is 0 Å². The van der Waals surface area contributed by atoms with Crippen LogP contribution >= 0.6 is 11.6 Å². The van der Waals surface area contributed by atoms with Crippen molar-refractivity contribution in [3.05, 3.63) is 77.7 Å². The fourth-order valence-corrected chi connectivity index (χ4v) is 4.12. The molecule has 0 fully saturated rings. The molecule has 0 spiro atoms. The van der Waals surface area contributed by atoms with Crippen LogP contribution in [-0.4, -0.2) is 28.9 Å². The molecule has 0 aliphatic carbocycles. The summed E-state index contributed by atoms with van der Waals surface area (Å²) in [6, 6.07) is 14.5. The fraction of sp³-hybridized carbons (Fsp3) is 0.0500. The predicted molar refractivity (Wildman–Crippen MR) is 115 cm³/mol. The van der Waals surface area contributed by atoms with E-state index in [0.717, 1.165) is 10.9 Å². The molecule has 4 aromatic rings. The Morgan fingerprint density at radius 1 is 1.03 bits per heavy atom. The molecular formula is C20H16ClN5O3S. The molecule has 0 unspecified atom stereocenters. The summed E-state index contributed by atoms with van der Waals surface area (Å²) in [5.74, 6) is -0.345. The van der Waals surface area contributed by atoms with Gasteiger partial charge >= 0.3 is 0 Å². The lowest BCUT2D eigenvalue weighted by Crippen LogP contribution is -2.16. The molecule has 0 atom stereocenters. The van der Waals surface area contributed by atoms with Crippen LogP contribution in [0.1, 0.15) is 10.5 Å². The zero-order valence-corrected chi connectivity index (χ0v) is 17.3. The van der Waals surface area contributed by atoms with Crippen molar-refractivity contribution < 1.29 is 13.2 Å². The quantitative estimate of drug-likeness (QED) is 0.491. The highest BCUT2D eigenvalue weighted by molar-refractivity contribution is 7.92. The number of nitrogens with zero attached hydrogens (tertiary/aromatic N) is 3. The Bertz CT molecular complexity index is 1340. The van der Waals surface area contributed by atoms with E-state index in [9.17, 15) is 13.2 Å². The van der Waals surface area contributed by atoms with Crippen LogP contribution in [0, 0.1) is 0 Å². The highest BCUT2D eigenvalue weighted by atomic mass is 35.5. The number of amides is 1. The molecule has 152 valence electrons. The molecule has 4 rings (SSSR count). The maximum Gasteiger partial charge on any atom is 0.272 e. The van der Waals surface area contributed by atoms with E-state index in [1.165, 1.54) is 36.7 Å². The molecule has 0 saturated carbocycles. The van der Waals surface area contributed by atoms with Gasteiger partial charge < -0.3 is 9.88 Å². The van der Waals surface area contributed by atoms with Crippen molar-refractivity contribution in [1.29, 1.82) is 0 Å². The van der Waals surface area contributed by atoms with Crippen molar-refractivity contribution in [3.63, 3.8) is 0 Å². The van der Waals surface area contributed by atoms with Gasteiger partial charge in [-0.15, -0.1) is 0 Å². The molecule has 1 amide bonds. The van der Waals surface area contributed by atoms with E-state index in [0.29, 0.717) is 16.4 Å². The first-order valence-corrected chi connectivity index (χ1v) is 10.7. The van der Waals surface area contributed by atoms with Gasteiger partial charge in [-0.05, 0) is 54.6 Å². The summed E-state index contributed by atoms with van der Waals surface area (Å²) in [5.41, 5.74) is 1.78. The van der Waals surface area contributed by atoms with Crippen LogP contribution in [0.2, 0.25) is 5.02 Å². The number of carbonyl (C=O) groups is 1. The first kappa shape index (κ1) is 19.9. The van der Waals surface area contributed by atoms with Crippen LogP contribution in [0.5, 0.6) is 0 Å². The number of aryl methyl sites for hydroxylation is 1. The average Bonchev–Trinajstić information content (AvgIpc) is 3.04. The van der Waals surface area contributed by atoms with Gasteiger partial charge in [0.25, 0.3) is 15.9 Å². The van der Waals surface area contributed by atoms with E-state index in [1.807, 2.05) is 6.07 Å². The van der Waals surface area contributed by atoms with Crippen molar-refractivity contribution in [2.24, 2.45) is 7.05 Å². The molecule has 10 heteroatoms. The number of rotatable bonds is 5. The van der Waals surface area contributed by atoms with Crippen molar-refractivity contribution in [1.82, 2.24) is 14.5 Å². The third-order valence-corrected chi connectivity index (χ3v) is 6.03. The highest BCUT2D eigenvalue weighted by Gasteiger charge is 2.17. The minimum atomic E-state index is -3.84. The topological polar surface area (TPSA) is 106 Å². The van der Waals surface area contributed by atoms with E-state index in [1.54, 1.807) is 35.9 Å². The van der Waals surface area contributed by atoms with Crippen molar-refractivity contribution in [2.45, 2.75) is 4.90 Å². The molecular weight excluding hydrogens is 426 g/mol. The standard InChI is InChI=1S/C20H16ClN5O3S/c1-26-17-8-3-14(21)11-13(17)12-18(26)19(27)24-15-4-6-16(7-5-15)30(28,29)25-20-22-9-2-10-23-20/h2-12H,1H3,(H,24,27)(H,22,23,25). The Hall–Kier alpha value is -3.43. The van der Waals surface area contributed by atoms with Gasteiger partial charge in [0, 0.05) is 41.1 Å².